The van der Waals surface area contributed by atoms with E-state index in [9.17, 15) is 13.2 Å². The van der Waals surface area contributed by atoms with Gasteiger partial charge in [-0.15, -0.1) is 0 Å². The zero-order valence-electron chi connectivity index (χ0n) is 16.3. The maximum absolute atomic E-state index is 12.3. The van der Waals surface area contributed by atoms with E-state index in [2.05, 4.69) is 43.4 Å². The van der Waals surface area contributed by atoms with Crippen LogP contribution in [0.15, 0.2) is 47.4 Å². The summed E-state index contributed by atoms with van der Waals surface area (Å²) in [7, 11) is -3.71. The Hall–Kier alpha value is -2.38. The first-order valence-electron chi connectivity index (χ1n) is 9.50. The summed E-state index contributed by atoms with van der Waals surface area (Å²) in [6.45, 7) is 5.87. The van der Waals surface area contributed by atoms with Gasteiger partial charge in [0.2, 0.25) is 15.9 Å². The van der Waals surface area contributed by atoms with Crippen molar-refractivity contribution in [1.29, 1.82) is 0 Å². The molecule has 0 atom stereocenters. The maximum atomic E-state index is 12.3. The lowest BCUT2D eigenvalue weighted by molar-refractivity contribution is -0.119. The third-order valence-corrected chi connectivity index (χ3v) is 6.00. The molecule has 1 amide bonds. The molecule has 2 aromatic rings. The van der Waals surface area contributed by atoms with Gasteiger partial charge in [0, 0.05) is 18.8 Å². The van der Waals surface area contributed by atoms with E-state index in [1.807, 2.05) is 4.90 Å². The third kappa shape index (κ3) is 4.91. The van der Waals surface area contributed by atoms with Crippen molar-refractivity contribution in [1.82, 2.24) is 5.32 Å². The van der Waals surface area contributed by atoms with Gasteiger partial charge in [-0.2, -0.15) is 0 Å². The Morgan fingerprint density at radius 2 is 1.89 bits per heavy atom. The minimum Gasteiger partial charge on any atom is -0.362 e. The summed E-state index contributed by atoms with van der Waals surface area (Å²) in [5, 5.41) is 8.15. The summed E-state index contributed by atoms with van der Waals surface area (Å²) >= 11 is 0. The number of benzene rings is 2. The molecule has 1 heterocycles. The van der Waals surface area contributed by atoms with E-state index in [4.69, 9.17) is 5.14 Å². The van der Waals surface area contributed by atoms with Gasteiger partial charge in [0.1, 0.15) is 0 Å². The second-order valence-corrected chi connectivity index (χ2v) is 9.06. The number of rotatable bonds is 7. The van der Waals surface area contributed by atoms with E-state index < -0.39 is 10.0 Å². The molecule has 0 saturated carbocycles. The summed E-state index contributed by atoms with van der Waals surface area (Å²) in [4.78, 5) is 14.4. The number of primary sulfonamides is 1. The Labute approximate surface area is 166 Å². The zero-order valence-corrected chi connectivity index (χ0v) is 17.1. The normalized spacial score (nSPS) is 13.6. The molecule has 0 saturated heterocycles. The second-order valence-electron chi connectivity index (χ2n) is 7.50. The number of nitrogens with two attached hydrogens (primary N) is 1. The molecule has 0 unspecified atom stereocenters. The minimum atomic E-state index is -3.71. The number of amides is 1. The fourth-order valence-corrected chi connectivity index (χ4v) is 4.00. The molecule has 28 heavy (non-hydrogen) atoms. The first-order chi connectivity index (χ1) is 13.2. The first-order valence-corrected chi connectivity index (χ1v) is 11.0. The first kappa shape index (κ1) is 20.4. The summed E-state index contributed by atoms with van der Waals surface area (Å²) in [6.07, 6.45) is 1.49. The van der Waals surface area contributed by atoms with E-state index in [0.29, 0.717) is 25.4 Å². The number of carbonyl (C=O) groups excluding carboxylic acids is 1. The van der Waals surface area contributed by atoms with Gasteiger partial charge in [0.05, 0.1) is 11.4 Å². The molecule has 2 aromatic carbocycles. The monoisotopic (exact) mass is 401 g/mol. The highest BCUT2D eigenvalue weighted by atomic mass is 32.2. The van der Waals surface area contributed by atoms with Crippen LogP contribution in [-0.4, -0.2) is 34.0 Å². The molecule has 7 heteroatoms. The van der Waals surface area contributed by atoms with Crippen LogP contribution >= 0.6 is 0 Å². The van der Waals surface area contributed by atoms with Crippen LogP contribution in [-0.2, 0) is 27.7 Å². The van der Waals surface area contributed by atoms with E-state index >= 15 is 0 Å². The van der Waals surface area contributed by atoms with Crippen molar-refractivity contribution in [2.24, 2.45) is 5.14 Å². The highest BCUT2D eigenvalue weighted by Gasteiger charge is 2.22. The van der Waals surface area contributed by atoms with Crippen LogP contribution in [0.2, 0.25) is 0 Å². The van der Waals surface area contributed by atoms with Crippen molar-refractivity contribution in [2.45, 2.75) is 37.5 Å². The number of fused-ring (bicyclic) bond motifs is 1. The molecular formula is C21H27N3O3S. The van der Waals surface area contributed by atoms with Crippen molar-refractivity contribution >= 4 is 21.6 Å². The van der Waals surface area contributed by atoms with Crippen LogP contribution in [0.3, 0.4) is 0 Å². The Balaban J connectivity index is 1.51. The quantitative estimate of drug-likeness (QED) is 0.744. The van der Waals surface area contributed by atoms with Crippen LogP contribution in [0, 0.1) is 0 Å². The van der Waals surface area contributed by atoms with Gasteiger partial charge in [-0.1, -0.05) is 38.1 Å². The summed E-state index contributed by atoms with van der Waals surface area (Å²) in [5.74, 6) is 0.473. The largest absolute Gasteiger partial charge is 0.362 e. The fourth-order valence-electron chi connectivity index (χ4n) is 3.43. The molecule has 3 rings (SSSR count). The predicted molar refractivity (Wildman–Crippen MR) is 111 cm³/mol. The SMILES string of the molecule is CC(C)c1ccc(CCNC(=O)CN2CCc3cc(S(N)(=O)=O)ccc32)cc1. The van der Waals surface area contributed by atoms with E-state index in [0.717, 1.165) is 17.7 Å². The van der Waals surface area contributed by atoms with E-state index in [-0.39, 0.29) is 17.3 Å². The Bertz CT molecular complexity index is 953. The van der Waals surface area contributed by atoms with Crippen LogP contribution in [0.25, 0.3) is 0 Å². The van der Waals surface area contributed by atoms with Gasteiger partial charge in [-0.05, 0) is 53.6 Å². The molecular weight excluding hydrogens is 374 g/mol. The lowest BCUT2D eigenvalue weighted by Crippen LogP contribution is -2.37. The molecule has 0 aliphatic carbocycles. The summed E-state index contributed by atoms with van der Waals surface area (Å²) in [5.41, 5.74) is 4.31. The van der Waals surface area contributed by atoms with Crippen LogP contribution in [0.1, 0.15) is 36.5 Å². The van der Waals surface area contributed by atoms with E-state index in [1.165, 1.54) is 17.2 Å². The smallest absolute Gasteiger partial charge is 0.239 e. The molecule has 0 fully saturated rings. The van der Waals surface area contributed by atoms with Crippen molar-refractivity contribution in [2.75, 3.05) is 24.5 Å². The third-order valence-electron chi connectivity index (χ3n) is 5.09. The second kappa shape index (κ2) is 8.32. The molecule has 3 N–H and O–H groups in total. The molecule has 0 aromatic heterocycles. The Morgan fingerprint density at radius 3 is 2.54 bits per heavy atom. The topological polar surface area (TPSA) is 92.5 Å². The van der Waals surface area contributed by atoms with Crippen molar-refractivity contribution in [3.05, 3.63) is 59.2 Å². The average Bonchev–Trinajstić information content (AvgIpc) is 3.03. The van der Waals surface area contributed by atoms with Gasteiger partial charge in [-0.25, -0.2) is 13.6 Å². The highest BCUT2D eigenvalue weighted by Crippen LogP contribution is 2.29. The van der Waals surface area contributed by atoms with Crippen molar-refractivity contribution in [3.8, 4) is 0 Å². The van der Waals surface area contributed by atoms with Gasteiger partial charge >= 0.3 is 0 Å². The predicted octanol–water partition coefficient (Wildman–Crippen LogP) is 2.18. The molecule has 1 aliphatic heterocycles. The number of carbonyl (C=O) groups is 1. The lowest BCUT2D eigenvalue weighted by atomic mass is 10.0. The van der Waals surface area contributed by atoms with Gasteiger partial charge < -0.3 is 10.2 Å². The maximum Gasteiger partial charge on any atom is 0.239 e. The number of hydrogen-bond acceptors (Lipinski definition) is 4. The van der Waals surface area contributed by atoms with Crippen molar-refractivity contribution < 1.29 is 13.2 Å². The van der Waals surface area contributed by atoms with Crippen LogP contribution in [0.4, 0.5) is 5.69 Å². The van der Waals surface area contributed by atoms with Gasteiger partial charge in [-0.3, -0.25) is 4.79 Å². The number of sulfonamides is 1. The molecule has 6 nitrogen and oxygen atoms in total. The number of hydrogen-bond donors (Lipinski definition) is 2. The summed E-state index contributed by atoms with van der Waals surface area (Å²) < 4.78 is 23.0. The lowest BCUT2D eigenvalue weighted by Gasteiger charge is -2.19. The fraction of sp³-hybridized carbons (Fsp3) is 0.381. The number of nitrogens with one attached hydrogen (secondary N) is 1. The highest BCUT2D eigenvalue weighted by molar-refractivity contribution is 7.89. The molecule has 0 radical (unpaired) electrons. The average molecular weight is 402 g/mol. The van der Waals surface area contributed by atoms with Crippen LogP contribution in [0.5, 0.6) is 0 Å². The van der Waals surface area contributed by atoms with Gasteiger partial charge in [0.25, 0.3) is 0 Å². The number of nitrogens with zero attached hydrogens (tertiary/aromatic N) is 1. The standard InChI is InChI=1S/C21H27N3O3S/c1-15(2)17-5-3-16(4-6-17)9-11-23-21(25)14-24-12-10-18-13-19(28(22,26)27)7-8-20(18)24/h3-8,13,15H,9-12,14H2,1-2H3,(H,23,25)(H2,22,26,27). The Kier molecular flexibility index (Phi) is 6.05. The molecule has 1 aliphatic rings. The zero-order chi connectivity index (χ0) is 20.3. The Morgan fingerprint density at radius 1 is 1.18 bits per heavy atom. The van der Waals surface area contributed by atoms with Crippen LogP contribution < -0.4 is 15.4 Å². The minimum absolute atomic E-state index is 0.0397. The van der Waals surface area contributed by atoms with Crippen molar-refractivity contribution in [3.63, 3.8) is 0 Å². The van der Waals surface area contributed by atoms with E-state index in [1.54, 1.807) is 12.1 Å². The molecule has 0 spiro atoms. The van der Waals surface area contributed by atoms with Gasteiger partial charge in [0.15, 0.2) is 0 Å². The summed E-state index contributed by atoms with van der Waals surface area (Å²) in [6, 6.07) is 13.3. The molecule has 150 valence electrons. The number of anilines is 1. The molecule has 0 bridgehead atoms.